The Morgan fingerprint density at radius 3 is 2.74 bits per heavy atom. The van der Waals surface area contributed by atoms with E-state index in [2.05, 4.69) is 18.2 Å². The molecule has 0 bridgehead atoms. The number of sulfonamides is 1. The molecule has 0 radical (unpaired) electrons. The molecular formula is C20H24N2O3S2. The third-order valence-corrected chi connectivity index (χ3v) is 8.84. The molecule has 144 valence electrons. The van der Waals surface area contributed by atoms with Crippen molar-refractivity contribution in [3.8, 4) is 10.6 Å². The molecule has 7 heteroatoms. The second-order valence-corrected chi connectivity index (χ2v) is 10.9. The van der Waals surface area contributed by atoms with Gasteiger partial charge in [-0.15, -0.1) is 11.3 Å². The zero-order valence-corrected chi connectivity index (χ0v) is 17.2. The van der Waals surface area contributed by atoms with E-state index < -0.39 is 10.0 Å². The molecule has 1 aliphatic carbocycles. The van der Waals surface area contributed by atoms with E-state index in [9.17, 15) is 8.42 Å². The summed E-state index contributed by atoms with van der Waals surface area (Å²) in [7, 11) is -3.13. The van der Waals surface area contributed by atoms with E-state index in [-0.39, 0.29) is 5.60 Å². The van der Waals surface area contributed by atoms with Crippen LogP contribution in [0.2, 0.25) is 0 Å². The molecule has 0 amide bonds. The van der Waals surface area contributed by atoms with Crippen LogP contribution in [0.3, 0.4) is 0 Å². The van der Waals surface area contributed by atoms with Crippen molar-refractivity contribution in [2.75, 3.05) is 26.0 Å². The van der Waals surface area contributed by atoms with Crippen LogP contribution in [0, 0.1) is 0 Å². The largest absolute Gasteiger partial charge is 0.369 e. The highest BCUT2D eigenvalue weighted by Gasteiger charge is 2.43. The van der Waals surface area contributed by atoms with E-state index in [4.69, 9.17) is 9.72 Å². The molecule has 5 rings (SSSR count). The van der Waals surface area contributed by atoms with Crippen molar-refractivity contribution in [3.05, 3.63) is 39.9 Å². The Morgan fingerprint density at radius 2 is 1.96 bits per heavy atom. The van der Waals surface area contributed by atoms with Crippen molar-refractivity contribution < 1.29 is 13.2 Å². The molecule has 2 aromatic rings. The summed E-state index contributed by atoms with van der Waals surface area (Å²) in [4.78, 5) is 7.43. The first-order valence-corrected chi connectivity index (χ1v) is 12.3. The number of piperidine rings is 1. The van der Waals surface area contributed by atoms with E-state index in [0.29, 0.717) is 19.7 Å². The monoisotopic (exact) mass is 404 g/mol. The average molecular weight is 405 g/mol. The van der Waals surface area contributed by atoms with E-state index >= 15 is 0 Å². The fourth-order valence-electron chi connectivity index (χ4n) is 4.66. The van der Waals surface area contributed by atoms with Crippen molar-refractivity contribution >= 4 is 21.4 Å². The highest BCUT2D eigenvalue weighted by Crippen LogP contribution is 2.47. The minimum Gasteiger partial charge on any atom is -0.369 e. The molecule has 0 aromatic carbocycles. The maximum atomic E-state index is 11.9. The number of aromatic nitrogens is 1. The summed E-state index contributed by atoms with van der Waals surface area (Å²) in [6, 6.07) is 6.68. The molecule has 4 heterocycles. The van der Waals surface area contributed by atoms with Gasteiger partial charge in [0, 0.05) is 23.7 Å². The number of hydrogen-bond donors (Lipinski definition) is 0. The molecule has 3 aliphatic rings. The Hall–Kier alpha value is -1.28. The maximum Gasteiger partial charge on any atom is 0.211 e. The van der Waals surface area contributed by atoms with Crippen LogP contribution in [0.1, 0.15) is 41.0 Å². The van der Waals surface area contributed by atoms with Crippen LogP contribution in [0.4, 0.5) is 0 Å². The lowest BCUT2D eigenvalue weighted by Gasteiger charge is -2.42. The van der Waals surface area contributed by atoms with E-state index in [1.165, 1.54) is 39.3 Å². The van der Waals surface area contributed by atoms with Gasteiger partial charge in [-0.3, -0.25) is 4.98 Å². The molecule has 0 atom stereocenters. The third-order valence-electron chi connectivity index (χ3n) is 6.15. The summed E-state index contributed by atoms with van der Waals surface area (Å²) >= 11 is 1.79. The van der Waals surface area contributed by atoms with Crippen LogP contribution < -0.4 is 0 Å². The number of aryl methyl sites for hydroxylation is 2. The van der Waals surface area contributed by atoms with Gasteiger partial charge in [0.1, 0.15) is 5.60 Å². The molecule has 0 saturated carbocycles. The molecule has 2 aliphatic heterocycles. The van der Waals surface area contributed by atoms with Gasteiger partial charge < -0.3 is 4.74 Å². The topological polar surface area (TPSA) is 59.5 Å². The molecule has 1 spiro atoms. The number of ether oxygens (including phenoxy) is 1. The smallest absolute Gasteiger partial charge is 0.211 e. The zero-order chi connectivity index (χ0) is 18.6. The Balaban J connectivity index is 1.47. The second kappa shape index (κ2) is 6.37. The van der Waals surface area contributed by atoms with Gasteiger partial charge in [-0.05, 0) is 61.8 Å². The van der Waals surface area contributed by atoms with Gasteiger partial charge in [0.05, 0.1) is 23.4 Å². The lowest BCUT2D eigenvalue weighted by Crippen LogP contribution is -2.47. The Morgan fingerprint density at radius 1 is 1.15 bits per heavy atom. The normalized spacial score (nSPS) is 22.0. The van der Waals surface area contributed by atoms with Crippen LogP contribution in [0.25, 0.3) is 10.6 Å². The van der Waals surface area contributed by atoms with Gasteiger partial charge in [0.2, 0.25) is 10.0 Å². The molecule has 2 aromatic heterocycles. The molecule has 5 nitrogen and oxygen atoms in total. The number of thiophene rings is 1. The molecular weight excluding hydrogens is 380 g/mol. The standard InChI is InChI=1S/C20H24N2O3S2/c1-27(23,24)22-10-8-20(9-11-22)19-15(7-12-25-20)13-18(26-19)17-6-5-14-3-2-4-16(14)21-17/h5-6,13H,2-4,7-12H2,1H3. The van der Waals surface area contributed by atoms with Crippen molar-refractivity contribution in [1.82, 2.24) is 9.29 Å². The predicted octanol–water partition coefficient (Wildman–Crippen LogP) is 3.12. The lowest BCUT2D eigenvalue weighted by molar-refractivity contribution is -0.0861. The summed E-state index contributed by atoms with van der Waals surface area (Å²) in [5.74, 6) is 0. The Kier molecular flexibility index (Phi) is 4.20. The number of hydrogen-bond acceptors (Lipinski definition) is 5. The summed E-state index contributed by atoms with van der Waals surface area (Å²) in [6.45, 7) is 1.77. The SMILES string of the molecule is CS(=O)(=O)N1CCC2(CC1)OCCc1cc(-c3ccc4c(n3)CCC4)sc12. The van der Waals surface area contributed by atoms with Crippen molar-refractivity contribution in [1.29, 1.82) is 0 Å². The van der Waals surface area contributed by atoms with E-state index in [1.807, 2.05) is 0 Å². The fourth-order valence-corrected chi connectivity index (χ4v) is 6.88. The molecule has 27 heavy (non-hydrogen) atoms. The van der Waals surface area contributed by atoms with Crippen molar-refractivity contribution in [2.45, 2.75) is 44.1 Å². The van der Waals surface area contributed by atoms with Gasteiger partial charge in [0.15, 0.2) is 0 Å². The van der Waals surface area contributed by atoms with Crippen LogP contribution in [-0.2, 0) is 39.6 Å². The predicted molar refractivity (Wildman–Crippen MR) is 107 cm³/mol. The first-order chi connectivity index (χ1) is 12.9. The lowest BCUT2D eigenvalue weighted by atomic mass is 9.86. The summed E-state index contributed by atoms with van der Waals surface area (Å²) in [5.41, 5.74) is 4.75. The van der Waals surface area contributed by atoms with Gasteiger partial charge in [-0.2, -0.15) is 0 Å². The Labute approximate surface area is 164 Å². The summed E-state index contributed by atoms with van der Waals surface area (Å²) in [6.07, 6.45) is 7.12. The third kappa shape index (κ3) is 3.05. The minimum atomic E-state index is -3.13. The second-order valence-electron chi connectivity index (χ2n) is 7.88. The molecule has 1 fully saturated rings. The number of nitrogens with zero attached hydrogens (tertiary/aromatic N) is 2. The average Bonchev–Trinajstić information content (AvgIpc) is 3.28. The summed E-state index contributed by atoms with van der Waals surface area (Å²) < 4.78 is 31.6. The maximum absolute atomic E-state index is 11.9. The zero-order valence-electron chi connectivity index (χ0n) is 15.5. The van der Waals surface area contributed by atoms with Gasteiger partial charge in [-0.25, -0.2) is 12.7 Å². The van der Waals surface area contributed by atoms with Crippen molar-refractivity contribution in [3.63, 3.8) is 0 Å². The highest BCUT2D eigenvalue weighted by molar-refractivity contribution is 7.88. The molecule has 0 N–H and O–H groups in total. The number of rotatable bonds is 2. The first-order valence-electron chi connectivity index (χ1n) is 9.66. The van der Waals surface area contributed by atoms with E-state index in [0.717, 1.165) is 37.8 Å². The number of pyridine rings is 1. The molecule has 0 unspecified atom stereocenters. The van der Waals surface area contributed by atoms with Crippen LogP contribution >= 0.6 is 11.3 Å². The van der Waals surface area contributed by atoms with E-state index in [1.54, 1.807) is 15.6 Å². The van der Waals surface area contributed by atoms with Crippen LogP contribution in [0.5, 0.6) is 0 Å². The van der Waals surface area contributed by atoms with Crippen LogP contribution in [-0.4, -0.2) is 43.7 Å². The number of fused-ring (bicyclic) bond motifs is 3. The minimum absolute atomic E-state index is 0.325. The molecule has 1 saturated heterocycles. The van der Waals surface area contributed by atoms with Gasteiger partial charge in [-0.1, -0.05) is 6.07 Å². The quantitative estimate of drug-likeness (QED) is 0.772. The van der Waals surface area contributed by atoms with Crippen molar-refractivity contribution in [2.24, 2.45) is 0 Å². The van der Waals surface area contributed by atoms with Crippen LogP contribution in [0.15, 0.2) is 18.2 Å². The van der Waals surface area contributed by atoms with Gasteiger partial charge in [0.25, 0.3) is 0 Å². The first kappa shape index (κ1) is 17.8. The highest BCUT2D eigenvalue weighted by atomic mass is 32.2. The Bertz CT molecular complexity index is 989. The van der Waals surface area contributed by atoms with Gasteiger partial charge >= 0.3 is 0 Å². The fraction of sp³-hybridized carbons (Fsp3) is 0.550. The summed E-state index contributed by atoms with van der Waals surface area (Å²) in [5, 5.41) is 0.